The van der Waals surface area contributed by atoms with Crippen LogP contribution in [0.5, 0.6) is 0 Å². The lowest BCUT2D eigenvalue weighted by Gasteiger charge is -2.25. The van der Waals surface area contributed by atoms with Gasteiger partial charge in [0.25, 0.3) is 0 Å². The Bertz CT molecular complexity index is 2010. The van der Waals surface area contributed by atoms with E-state index in [0.717, 1.165) is 17.8 Å². The van der Waals surface area contributed by atoms with Crippen LogP contribution >= 0.6 is 11.6 Å². The predicted octanol–water partition coefficient (Wildman–Crippen LogP) is 6.24. The third-order valence-electron chi connectivity index (χ3n) is 6.79. The highest BCUT2D eigenvalue weighted by molar-refractivity contribution is 7.92. The quantitative estimate of drug-likeness (QED) is 0.217. The molecule has 44 heavy (non-hydrogen) atoms. The van der Waals surface area contributed by atoms with Crippen molar-refractivity contribution >= 4 is 55.5 Å². The van der Waals surface area contributed by atoms with E-state index >= 15 is 0 Å². The van der Waals surface area contributed by atoms with Gasteiger partial charge in [-0.25, -0.2) is 27.0 Å². The molecule has 0 radical (unpaired) electrons. The monoisotopic (exact) mass is 644 g/mol. The largest absolute Gasteiger partial charge is 0.444 e. The molecule has 0 saturated carbocycles. The number of amides is 1. The number of carbonyl (C=O) groups excluding carboxylic acids is 1. The number of nitrogens with one attached hydrogen (secondary N) is 2. The van der Waals surface area contributed by atoms with E-state index in [-0.39, 0.29) is 22.8 Å². The molecular weight excluding hydrogens is 614 g/mol. The maximum atomic E-state index is 14.3. The van der Waals surface area contributed by atoms with Crippen LogP contribution in [0.1, 0.15) is 38.1 Å². The van der Waals surface area contributed by atoms with E-state index in [1.165, 1.54) is 16.8 Å². The average Bonchev–Trinajstić information content (AvgIpc) is 3.40. The molecule has 5 aromatic rings. The van der Waals surface area contributed by atoms with Gasteiger partial charge >= 0.3 is 6.09 Å². The van der Waals surface area contributed by atoms with E-state index in [1.54, 1.807) is 40.0 Å². The molecule has 0 saturated heterocycles. The standard InChI is InChI=1S/C30H31ClF2N6O4S/c1-30(2,3)43-29(40)35-23(13-16-11-17(32)14-18(33)12-16)26-20(15-24-22(34-26)9-10-38(24)4)19-7-8-21(31)25-27(19)39(5)36-28(25)37-44(6,41)42/h7-12,14-15,23H,13H2,1-6H3,(H,35,40)(H,36,37)/t23-/m0/s1. The predicted molar refractivity (Wildman–Crippen MR) is 166 cm³/mol. The normalized spacial score (nSPS) is 12.9. The number of pyridine rings is 1. The fraction of sp³-hybridized carbons (Fsp3) is 0.300. The first-order valence-electron chi connectivity index (χ1n) is 13.5. The molecule has 0 aliphatic rings. The molecule has 3 aromatic heterocycles. The second-order valence-electron chi connectivity index (χ2n) is 11.6. The molecule has 1 amide bonds. The highest BCUT2D eigenvalue weighted by atomic mass is 35.5. The lowest BCUT2D eigenvalue weighted by Crippen LogP contribution is -2.36. The summed E-state index contributed by atoms with van der Waals surface area (Å²) in [6.07, 6.45) is 2.06. The topological polar surface area (TPSA) is 120 Å². The molecule has 0 unspecified atom stereocenters. The van der Waals surface area contributed by atoms with E-state index in [0.29, 0.717) is 33.2 Å². The summed E-state index contributed by atoms with van der Waals surface area (Å²) in [6.45, 7) is 5.16. The van der Waals surface area contributed by atoms with Crippen molar-refractivity contribution in [2.24, 2.45) is 14.1 Å². The Morgan fingerprint density at radius 3 is 2.39 bits per heavy atom. The number of benzene rings is 2. The van der Waals surface area contributed by atoms with Crippen LogP contribution in [0.2, 0.25) is 5.02 Å². The molecule has 3 heterocycles. The lowest BCUT2D eigenvalue weighted by atomic mass is 9.94. The van der Waals surface area contributed by atoms with Gasteiger partial charge in [0, 0.05) is 37.5 Å². The summed E-state index contributed by atoms with van der Waals surface area (Å²) >= 11 is 6.58. The molecule has 2 N–H and O–H groups in total. The summed E-state index contributed by atoms with van der Waals surface area (Å²) in [4.78, 5) is 18.1. The fourth-order valence-corrected chi connectivity index (χ4v) is 5.89. The van der Waals surface area contributed by atoms with Gasteiger partial charge in [-0.3, -0.25) is 9.40 Å². The van der Waals surface area contributed by atoms with Crippen LogP contribution < -0.4 is 10.0 Å². The smallest absolute Gasteiger partial charge is 0.408 e. The summed E-state index contributed by atoms with van der Waals surface area (Å²) in [6, 6.07) is 9.30. The number of hydrogen-bond acceptors (Lipinski definition) is 6. The lowest BCUT2D eigenvalue weighted by molar-refractivity contribution is 0.0502. The van der Waals surface area contributed by atoms with Crippen molar-refractivity contribution in [3.8, 4) is 11.1 Å². The number of rotatable bonds is 7. The summed E-state index contributed by atoms with van der Waals surface area (Å²) in [5, 5.41) is 7.86. The molecule has 14 heteroatoms. The Morgan fingerprint density at radius 2 is 1.75 bits per heavy atom. The number of ether oxygens (including phenoxy) is 1. The van der Waals surface area contributed by atoms with Gasteiger partial charge in [-0.2, -0.15) is 5.10 Å². The number of nitrogens with zero attached hydrogens (tertiary/aromatic N) is 4. The van der Waals surface area contributed by atoms with E-state index in [1.807, 2.05) is 29.9 Å². The number of halogens is 3. The number of anilines is 1. The Kier molecular flexibility index (Phi) is 8.06. The first-order valence-corrected chi connectivity index (χ1v) is 15.8. The van der Waals surface area contributed by atoms with E-state index in [9.17, 15) is 22.0 Å². The third kappa shape index (κ3) is 6.63. The number of fused-ring (bicyclic) bond motifs is 2. The van der Waals surface area contributed by atoms with Crippen molar-refractivity contribution in [3.05, 3.63) is 76.6 Å². The Morgan fingerprint density at radius 1 is 1.07 bits per heavy atom. The molecule has 0 aliphatic carbocycles. The average molecular weight is 645 g/mol. The van der Waals surface area contributed by atoms with Gasteiger partial charge in [-0.05, 0) is 63.1 Å². The minimum atomic E-state index is -3.69. The summed E-state index contributed by atoms with van der Waals surface area (Å²) in [5.41, 5.74) is 2.83. The van der Waals surface area contributed by atoms with Crippen LogP contribution in [-0.2, 0) is 35.3 Å². The van der Waals surface area contributed by atoms with Crippen molar-refractivity contribution in [3.63, 3.8) is 0 Å². The zero-order valence-electron chi connectivity index (χ0n) is 24.9. The SMILES string of the molecule is Cn1ccc2nc([C@H](Cc3cc(F)cc(F)c3)NC(=O)OC(C)(C)C)c(-c3ccc(Cl)c4c(NS(C)(=O)=O)nn(C)c34)cc21. The van der Waals surface area contributed by atoms with Gasteiger partial charge in [0.05, 0.1) is 45.0 Å². The van der Waals surface area contributed by atoms with Crippen LogP contribution in [-0.4, -0.2) is 45.7 Å². The second-order valence-corrected chi connectivity index (χ2v) is 13.8. The van der Waals surface area contributed by atoms with Gasteiger partial charge in [-0.1, -0.05) is 17.7 Å². The molecule has 5 rings (SSSR count). The van der Waals surface area contributed by atoms with Crippen LogP contribution in [0.25, 0.3) is 33.1 Å². The first-order chi connectivity index (χ1) is 20.5. The Labute approximate surface area is 258 Å². The summed E-state index contributed by atoms with van der Waals surface area (Å²) in [7, 11) is -0.186. The zero-order valence-corrected chi connectivity index (χ0v) is 26.4. The number of sulfonamides is 1. The number of alkyl carbamates (subject to hydrolysis) is 1. The molecule has 0 aliphatic heterocycles. The first kappa shape index (κ1) is 31.2. The van der Waals surface area contributed by atoms with Crippen LogP contribution in [0.4, 0.5) is 19.4 Å². The third-order valence-corrected chi connectivity index (χ3v) is 7.67. The molecule has 0 fully saturated rings. The van der Waals surface area contributed by atoms with Crippen molar-refractivity contribution in [2.45, 2.75) is 38.8 Å². The van der Waals surface area contributed by atoms with Gasteiger partial charge in [-0.15, -0.1) is 0 Å². The van der Waals surface area contributed by atoms with Crippen molar-refractivity contribution in [1.29, 1.82) is 0 Å². The molecule has 1 atom stereocenters. The summed E-state index contributed by atoms with van der Waals surface area (Å²) < 4.78 is 64.1. The maximum absolute atomic E-state index is 14.3. The molecular formula is C30H31ClF2N6O4S. The molecule has 0 bridgehead atoms. The molecule has 0 spiro atoms. The van der Waals surface area contributed by atoms with Crippen LogP contribution in [0.15, 0.2) is 48.7 Å². The van der Waals surface area contributed by atoms with Crippen molar-refractivity contribution in [1.82, 2.24) is 24.6 Å². The molecule has 232 valence electrons. The van der Waals surface area contributed by atoms with E-state index in [4.69, 9.17) is 21.3 Å². The Balaban J connectivity index is 1.77. The highest BCUT2D eigenvalue weighted by Crippen LogP contribution is 2.41. The Hall–Kier alpha value is -4.23. The number of aryl methyl sites for hydroxylation is 2. The second kappa shape index (κ2) is 11.4. The van der Waals surface area contributed by atoms with Crippen LogP contribution in [0, 0.1) is 11.6 Å². The van der Waals surface area contributed by atoms with Crippen molar-refractivity contribution < 1.29 is 26.7 Å². The van der Waals surface area contributed by atoms with E-state index < -0.39 is 39.4 Å². The van der Waals surface area contributed by atoms with Crippen molar-refractivity contribution in [2.75, 3.05) is 11.0 Å². The molecule has 10 nitrogen and oxygen atoms in total. The number of hydrogen-bond donors (Lipinski definition) is 2. The van der Waals surface area contributed by atoms with Gasteiger partial charge < -0.3 is 14.6 Å². The van der Waals surface area contributed by atoms with Gasteiger partial charge in [0.1, 0.15) is 17.2 Å². The zero-order chi connectivity index (χ0) is 32.1. The minimum Gasteiger partial charge on any atom is -0.444 e. The minimum absolute atomic E-state index is 0.0325. The van der Waals surface area contributed by atoms with E-state index in [2.05, 4.69) is 15.1 Å². The fourth-order valence-electron chi connectivity index (χ4n) is 5.15. The summed E-state index contributed by atoms with van der Waals surface area (Å²) in [5.74, 6) is -1.48. The van der Waals surface area contributed by atoms with Gasteiger partial charge in [0.15, 0.2) is 5.82 Å². The van der Waals surface area contributed by atoms with Gasteiger partial charge in [0.2, 0.25) is 10.0 Å². The number of carbonyl (C=O) groups is 1. The maximum Gasteiger partial charge on any atom is 0.408 e. The molecule has 2 aromatic carbocycles. The highest BCUT2D eigenvalue weighted by Gasteiger charge is 2.28. The van der Waals surface area contributed by atoms with Crippen LogP contribution in [0.3, 0.4) is 0 Å². The number of aromatic nitrogens is 4.